The fourth-order valence-electron chi connectivity index (χ4n) is 3.89. The van der Waals surface area contributed by atoms with Gasteiger partial charge in [0, 0.05) is 16.8 Å². The molecule has 0 bridgehead atoms. The van der Waals surface area contributed by atoms with Crippen molar-refractivity contribution >= 4 is 28.4 Å². The average Bonchev–Trinajstić information content (AvgIpc) is 3.15. The Labute approximate surface area is 188 Å². The monoisotopic (exact) mass is 427 g/mol. The van der Waals surface area contributed by atoms with E-state index in [4.69, 9.17) is 10.7 Å². The number of H-pyrrole nitrogens is 1. The molecule has 6 heteroatoms. The smallest absolute Gasteiger partial charge is 0.231 e. The Morgan fingerprint density at radius 3 is 2.41 bits per heavy atom. The number of fused-ring (bicyclic) bond motifs is 1. The minimum absolute atomic E-state index is 0.00755. The van der Waals surface area contributed by atoms with Crippen molar-refractivity contribution in [2.75, 3.05) is 11.1 Å². The number of benzene rings is 2. The van der Waals surface area contributed by atoms with Crippen LogP contribution in [-0.4, -0.2) is 21.1 Å². The number of carbonyl (C=O) groups excluding carboxylic acids is 1. The molecule has 32 heavy (non-hydrogen) atoms. The predicted molar refractivity (Wildman–Crippen MR) is 131 cm³/mol. The van der Waals surface area contributed by atoms with Gasteiger partial charge < -0.3 is 11.1 Å². The third kappa shape index (κ3) is 4.21. The molecule has 6 nitrogen and oxygen atoms in total. The Kier molecular flexibility index (Phi) is 5.70. The predicted octanol–water partition coefficient (Wildman–Crippen LogP) is 5.64. The molecule has 0 aliphatic heterocycles. The topological polar surface area (TPSA) is 96.7 Å². The van der Waals surface area contributed by atoms with E-state index in [0.29, 0.717) is 11.5 Å². The summed E-state index contributed by atoms with van der Waals surface area (Å²) in [5.74, 6) is 0.233. The number of aromatic amines is 1. The maximum atomic E-state index is 12.9. The largest absolute Gasteiger partial charge is 0.382 e. The van der Waals surface area contributed by atoms with E-state index in [1.54, 1.807) is 0 Å². The van der Waals surface area contributed by atoms with Crippen molar-refractivity contribution in [2.45, 2.75) is 45.4 Å². The molecule has 0 aliphatic carbocycles. The van der Waals surface area contributed by atoms with Crippen molar-refractivity contribution in [1.29, 1.82) is 0 Å². The number of aromatic nitrogens is 3. The van der Waals surface area contributed by atoms with Gasteiger partial charge in [-0.05, 0) is 41.3 Å². The molecular formula is C26H29N5O. The molecule has 1 atom stereocenters. The van der Waals surface area contributed by atoms with Gasteiger partial charge in [0.05, 0.1) is 11.3 Å². The summed E-state index contributed by atoms with van der Waals surface area (Å²) in [6, 6.07) is 19.8. The van der Waals surface area contributed by atoms with Gasteiger partial charge in [0.1, 0.15) is 0 Å². The molecule has 0 saturated carbocycles. The van der Waals surface area contributed by atoms with Crippen molar-refractivity contribution in [2.24, 2.45) is 0 Å². The number of nitrogens with zero attached hydrogens (tertiary/aromatic N) is 2. The molecule has 0 fully saturated rings. The van der Waals surface area contributed by atoms with E-state index in [0.717, 1.165) is 39.9 Å². The van der Waals surface area contributed by atoms with E-state index < -0.39 is 0 Å². The first kappa shape index (κ1) is 21.6. The number of anilines is 2. The van der Waals surface area contributed by atoms with Crippen LogP contribution in [0.4, 0.5) is 11.5 Å². The average molecular weight is 428 g/mol. The summed E-state index contributed by atoms with van der Waals surface area (Å²) in [4.78, 5) is 17.6. The maximum absolute atomic E-state index is 12.9. The van der Waals surface area contributed by atoms with Crippen LogP contribution in [0.2, 0.25) is 0 Å². The van der Waals surface area contributed by atoms with Crippen LogP contribution in [-0.2, 0) is 10.2 Å². The quantitative estimate of drug-likeness (QED) is 0.384. The normalized spacial score (nSPS) is 12.6. The lowest BCUT2D eigenvalue weighted by Crippen LogP contribution is -2.20. The van der Waals surface area contributed by atoms with Crippen molar-refractivity contribution in [3.63, 3.8) is 0 Å². The van der Waals surface area contributed by atoms with E-state index >= 15 is 0 Å². The van der Waals surface area contributed by atoms with Gasteiger partial charge in [-0.3, -0.25) is 9.89 Å². The Hall–Kier alpha value is -3.67. The first-order chi connectivity index (χ1) is 15.3. The van der Waals surface area contributed by atoms with Gasteiger partial charge in [-0.15, -0.1) is 0 Å². The van der Waals surface area contributed by atoms with E-state index in [1.807, 2.05) is 61.5 Å². The first-order valence-electron chi connectivity index (χ1n) is 10.9. The lowest BCUT2D eigenvalue weighted by atomic mass is 9.89. The fraction of sp³-hybridized carbons (Fsp3) is 0.269. The lowest BCUT2D eigenvalue weighted by molar-refractivity contribution is -0.117. The standard InChI is InChI=1S/C26H29N5O/c1-5-19(16-9-7-6-8-10-16)25(32)28-18-13-11-17(12-14-18)20-15-21(26(2,3)4)29-24-22(20)23(27)30-31-24/h6-15,19H,5H2,1-4H3,(H,28,32)(H3,27,29,30,31). The summed E-state index contributed by atoms with van der Waals surface area (Å²) in [7, 11) is 0. The van der Waals surface area contributed by atoms with Crippen molar-refractivity contribution in [3.8, 4) is 11.1 Å². The summed E-state index contributed by atoms with van der Waals surface area (Å²) in [5.41, 5.74) is 11.4. The van der Waals surface area contributed by atoms with Crippen LogP contribution < -0.4 is 11.1 Å². The summed E-state index contributed by atoms with van der Waals surface area (Å²) < 4.78 is 0. The van der Waals surface area contributed by atoms with Gasteiger partial charge in [0.15, 0.2) is 11.5 Å². The molecule has 0 aliphatic rings. The number of hydrogen-bond donors (Lipinski definition) is 3. The van der Waals surface area contributed by atoms with Gasteiger partial charge in [-0.1, -0.05) is 70.2 Å². The Bertz CT molecular complexity index is 1240. The van der Waals surface area contributed by atoms with Crippen LogP contribution in [0.25, 0.3) is 22.2 Å². The lowest BCUT2D eigenvalue weighted by Gasteiger charge is -2.19. The van der Waals surface area contributed by atoms with Crippen molar-refractivity contribution < 1.29 is 4.79 Å². The SMILES string of the molecule is CCC(C(=O)Nc1ccc(-c2cc(C(C)(C)C)nc3[nH]nc(N)c23)cc1)c1ccccc1. The zero-order valence-electron chi connectivity index (χ0n) is 18.9. The second-order valence-corrected chi connectivity index (χ2v) is 9.08. The number of carbonyl (C=O) groups is 1. The van der Waals surface area contributed by atoms with Crippen molar-refractivity contribution in [1.82, 2.24) is 15.2 Å². The summed E-state index contributed by atoms with van der Waals surface area (Å²) in [6.07, 6.45) is 0.734. The minimum Gasteiger partial charge on any atom is -0.382 e. The zero-order chi connectivity index (χ0) is 22.9. The highest BCUT2D eigenvalue weighted by atomic mass is 16.1. The second kappa shape index (κ2) is 8.46. The van der Waals surface area contributed by atoms with Gasteiger partial charge in [-0.2, -0.15) is 5.10 Å². The van der Waals surface area contributed by atoms with Gasteiger partial charge >= 0.3 is 0 Å². The zero-order valence-corrected chi connectivity index (χ0v) is 18.9. The Morgan fingerprint density at radius 2 is 1.78 bits per heavy atom. The minimum atomic E-state index is -0.184. The number of nitrogen functional groups attached to an aromatic ring is 1. The Balaban J connectivity index is 1.64. The van der Waals surface area contributed by atoms with Gasteiger partial charge in [0.25, 0.3) is 0 Å². The summed E-state index contributed by atoms with van der Waals surface area (Å²) in [6.45, 7) is 8.40. The highest BCUT2D eigenvalue weighted by Crippen LogP contribution is 2.35. The van der Waals surface area contributed by atoms with Crippen LogP contribution >= 0.6 is 0 Å². The second-order valence-electron chi connectivity index (χ2n) is 9.08. The number of nitrogens with two attached hydrogens (primary N) is 1. The number of rotatable bonds is 5. The summed E-state index contributed by atoms with van der Waals surface area (Å²) in [5, 5.41) is 11.0. The highest BCUT2D eigenvalue weighted by Gasteiger charge is 2.21. The highest BCUT2D eigenvalue weighted by molar-refractivity contribution is 6.00. The number of nitrogens with one attached hydrogen (secondary N) is 2. The van der Waals surface area contributed by atoms with E-state index in [2.05, 4.69) is 42.4 Å². The molecule has 0 saturated heterocycles. The van der Waals surface area contributed by atoms with Gasteiger partial charge in [-0.25, -0.2) is 4.98 Å². The third-order valence-electron chi connectivity index (χ3n) is 5.72. The molecule has 4 N–H and O–H groups in total. The molecule has 164 valence electrons. The van der Waals surface area contributed by atoms with Crippen LogP contribution in [0.15, 0.2) is 60.7 Å². The molecule has 1 unspecified atom stereocenters. The van der Waals surface area contributed by atoms with Crippen LogP contribution in [0, 0.1) is 0 Å². The Morgan fingerprint density at radius 1 is 1.09 bits per heavy atom. The molecule has 0 radical (unpaired) electrons. The third-order valence-corrected chi connectivity index (χ3v) is 5.72. The molecule has 1 amide bonds. The number of amides is 1. The van der Waals surface area contributed by atoms with E-state index in [1.165, 1.54) is 0 Å². The van der Waals surface area contributed by atoms with Gasteiger partial charge in [0.2, 0.25) is 5.91 Å². The fourth-order valence-corrected chi connectivity index (χ4v) is 3.89. The molecule has 0 spiro atoms. The number of hydrogen-bond acceptors (Lipinski definition) is 4. The van der Waals surface area contributed by atoms with Crippen molar-refractivity contribution in [3.05, 3.63) is 71.9 Å². The molecule has 4 rings (SSSR count). The molecule has 2 heterocycles. The maximum Gasteiger partial charge on any atom is 0.231 e. The van der Waals surface area contributed by atoms with Crippen LogP contribution in [0.3, 0.4) is 0 Å². The van der Waals surface area contributed by atoms with Crippen LogP contribution in [0.1, 0.15) is 51.3 Å². The molecule has 4 aromatic rings. The summed E-state index contributed by atoms with van der Waals surface area (Å²) >= 11 is 0. The molecule has 2 aromatic carbocycles. The first-order valence-corrected chi connectivity index (χ1v) is 10.9. The van der Waals surface area contributed by atoms with Crippen LogP contribution in [0.5, 0.6) is 0 Å². The van der Waals surface area contributed by atoms with E-state index in [9.17, 15) is 4.79 Å². The molecular weight excluding hydrogens is 398 g/mol. The number of pyridine rings is 1. The molecule has 2 aromatic heterocycles. The van der Waals surface area contributed by atoms with E-state index in [-0.39, 0.29) is 17.2 Å².